The minimum absolute atomic E-state index is 0.0436. The van der Waals surface area contributed by atoms with Crippen LogP contribution in [0.5, 0.6) is 0 Å². The first kappa shape index (κ1) is 15.9. The number of benzene rings is 1. The second-order valence-corrected chi connectivity index (χ2v) is 6.65. The molecule has 1 amide bonds. The lowest BCUT2D eigenvalue weighted by atomic mass is 9.97. The van der Waals surface area contributed by atoms with Gasteiger partial charge in [0.05, 0.1) is 10.7 Å². The van der Waals surface area contributed by atoms with E-state index in [1.807, 2.05) is 11.0 Å². The molecule has 23 heavy (non-hydrogen) atoms. The number of piperidine rings is 1. The Morgan fingerprint density at radius 3 is 2.57 bits per heavy atom. The predicted molar refractivity (Wildman–Crippen MR) is 92.5 cm³/mol. The summed E-state index contributed by atoms with van der Waals surface area (Å²) >= 11 is 5.94. The Labute approximate surface area is 141 Å². The summed E-state index contributed by atoms with van der Waals surface area (Å²) in [5.41, 5.74) is 7.13. The van der Waals surface area contributed by atoms with Gasteiger partial charge in [0.25, 0.3) is 5.91 Å². The number of carbonyl (C=O) groups is 1. The van der Waals surface area contributed by atoms with Crippen molar-refractivity contribution in [2.24, 2.45) is 0 Å². The zero-order valence-electron chi connectivity index (χ0n) is 13.4. The number of carbonyl (C=O) groups excluding carboxylic acids is 1. The highest BCUT2D eigenvalue weighted by Gasteiger charge is 2.31. The summed E-state index contributed by atoms with van der Waals surface area (Å²) in [7, 11) is 0. The molecule has 2 atom stereocenters. The highest BCUT2D eigenvalue weighted by Crippen LogP contribution is 2.30. The maximum atomic E-state index is 12.8. The van der Waals surface area contributed by atoms with E-state index in [1.54, 1.807) is 24.3 Å². The van der Waals surface area contributed by atoms with Gasteiger partial charge in [0.2, 0.25) is 0 Å². The molecule has 1 aromatic heterocycles. The van der Waals surface area contributed by atoms with E-state index in [1.165, 1.54) is 6.42 Å². The number of halogens is 1. The smallest absolute Gasteiger partial charge is 0.290 e. The highest BCUT2D eigenvalue weighted by molar-refractivity contribution is 6.33. The van der Waals surface area contributed by atoms with Crippen LogP contribution < -0.4 is 5.73 Å². The largest absolute Gasteiger partial charge is 0.451 e. The van der Waals surface area contributed by atoms with E-state index >= 15 is 0 Å². The van der Waals surface area contributed by atoms with Gasteiger partial charge in [0, 0.05) is 17.6 Å². The van der Waals surface area contributed by atoms with Gasteiger partial charge < -0.3 is 15.1 Å². The number of nitrogen functional groups attached to an aromatic ring is 1. The van der Waals surface area contributed by atoms with E-state index in [2.05, 4.69) is 13.8 Å². The Kier molecular flexibility index (Phi) is 4.35. The molecule has 3 rings (SSSR count). The number of likely N-dealkylation sites (tertiary alicyclic amines) is 1. The van der Waals surface area contributed by atoms with E-state index in [9.17, 15) is 4.79 Å². The monoisotopic (exact) mass is 332 g/mol. The summed E-state index contributed by atoms with van der Waals surface area (Å²) < 4.78 is 5.79. The molecule has 122 valence electrons. The summed E-state index contributed by atoms with van der Waals surface area (Å²) in [4.78, 5) is 14.7. The number of anilines is 1. The first-order valence-corrected chi connectivity index (χ1v) is 8.33. The SMILES string of the molecule is C[C@H]1CCC[C@H](C)N1C(=O)c1ccc(-c2ccc(Cl)c(N)c2)o1. The van der Waals surface area contributed by atoms with Crippen LogP contribution in [0.1, 0.15) is 43.7 Å². The van der Waals surface area contributed by atoms with Crippen LogP contribution in [0.2, 0.25) is 5.02 Å². The Morgan fingerprint density at radius 1 is 1.22 bits per heavy atom. The van der Waals surface area contributed by atoms with Crippen molar-refractivity contribution in [3.05, 3.63) is 41.1 Å². The van der Waals surface area contributed by atoms with Gasteiger partial charge in [-0.15, -0.1) is 0 Å². The molecule has 4 nitrogen and oxygen atoms in total. The van der Waals surface area contributed by atoms with Crippen LogP contribution >= 0.6 is 11.6 Å². The van der Waals surface area contributed by atoms with Gasteiger partial charge in [-0.2, -0.15) is 0 Å². The third-order valence-electron chi connectivity index (χ3n) is 4.53. The molecule has 1 fully saturated rings. The van der Waals surface area contributed by atoms with E-state index < -0.39 is 0 Å². The molecule has 1 aliphatic heterocycles. The molecule has 0 unspecified atom stereocenters. The molecule has 2 N–H and O–H groups in total. The van der Waals surface area contributed by atoms with Gasteiger partial charge in [0.1, 0.15) is 5.76 Å². The third-order valence-corrected chi connectivity index (χ3v) is 4.87. The third kappa shape index (κ3) is 3.08. The molecule has 0 saturated carbocycles. The lowest BCUT2D eigenvalue weighted by Crippen LogP contribution is -2.47. The fraction of sp³-hybridized carbons (Fsp3) is 0.389. The van der Waals surface area contributed by atoms with Crippen molar-refractivity contribution in [3.8, 4) is 11.3 Å². The molecule has 1 aliphatic rings. The van der Waals surface area contributed by atoms with Crippen molar-refractivity contribution < 1.29 is 9.21 Å². The Morgan fingerprint density at radius 2 is 1.91 bits per heavy atom. The molecule has 0 spiro atoms. The Balaban J connectivity index is 1.86. The van der Waals surface area contributed by atoms with E-state index in [4.69, 9.17) is 21.8 Å². The minimum Gasteiger partial charge on any atom is -0.451 e. The molecule has 0 bridgehead atoms. The molecule has 0 aliphatic carbocycles. The molecular formula is C18H21ClN2O2. The van der Waals surface area contributed by atoms with Crippen LogP contribution in [0.4, 0.5) is 5.69 Å². The first-order valence-electron chi connectivity index (χ1n) is 7.95. The summed E-state index contributed by atoms with van der Waals surface area (Å²) in [6.07, 6.45) is 3.24. The number of furan rings is 1. The van der Waals surface area contributed by atoms with Crippen molar-refractivity contribution >= 4 is 23.2 Å². The number of nitrogens with zero attached hydrogens (tertiary/aromatic N) is 1. The number of amides is 1. The maximum Gasteiger partial charge on any atom is 0.290 e. The van der Waals surface area contributed by atoms with E-state index in [0.717, 1.165) is 18.4 Å². The summed E-state index contributed by atoms with van der Waals surface area (Å²) in [6, 6.07) is 9.33. The Hall–Kier alpha value is -1.94. The van der Waals surface area contributed by atoms with Gasteiger partial charge >= 0.3 is 0 Å². The number of nitrogens with two attached hydrogens (primary N) is 1. The molecule has 0 radical (unpaired) electrons. The van der Waals surface area contributed by atoms with Crippen LogP contribution in [0.3, 0.4) is 0 Å². The number of rotatable bonds is 2. The zero-order chi connectivity index (χ0) is 16.6. The molecule has 2 aromatic rings. The molecule has 5 heteroatoms. The lowest BCUT2D eigenvalue weighted by molar-refractivity contribution is 0.0479. The number of hydrogen-bond acceptors (Lipinski definition) is 3. The van der Waals surface area contributed by atoms with Crippen molar-refractivity contribution in [1.29, 1.82) is 0 Å². The highest BCUT2D eigenvalue weighted by atomic mass is 35.5. The van der Waals surface area contributed by atoms with Gasteiger partial charge in [-0.3, -0.25) is 4.79 Å². The van der Waals surface area contributed by atoms with Crippen LogP contribution in [0, 0.1) is 0 Å². The average molecular weight is 333 g/mol. The first-order chi connectivity index (χ1) is 11.0. The van der Waals surface area contributed by atoms with Gasteiger partial charge in [0.15, 0.2) is 5.76 Å². The fourth-order valence-electron chi connectivity index (χ4n) is 3.25. The number of hydrogen-bond donors (Lipinski definition) is 1. The Bertz CT molecular complexity index is 716. The molecule has 1 saturated heterocycles. The van der Waals surface area contributed by atoms with Crippen molar-refractivity contribution in [2.45, 2.75) is 45.2 Å². The predicted octanol–water partition coefficient (Wildman–Crippen LogP) is 4.59. The fourth-order valence-corrected chi connectivity index (χ4v) is 3.37. The van der Waals surface area contributed by atoms with Crippen LogP contribution in [0.25, 0.3) is 11.3 Å². The van der Waals surface area contributed by atoms with Crippen LogP contribution in [0.15, 0.2) is 34.7 Å². The van der Waals surface area contributed by atoms with E-state index in [0.29, 0.717) is 22.2 Å². The maximum absolute atomic E-state index is 12.8. The lowest BCUT2D eigenvalue weighted by Gasteiger charge is -2.38. The van der Waals surface area contributed by atoms with Gasteiger partial charge in [-0.05, 0) is 63.4 Å². The van der Waals surface area contributed by atoms with Crippen molar-refractivity contribution in [1.82, 2.24) is 4.90 Å². The summed E-state index contributed by atoms with van der Waals surface area (Å²) in [5, 5.41) is 0.507. The second-order valence-electron chi connectivity index (χ2n) is 6.24. The topological polar surface area (TPSA) is 59.5 Å². The quantitative estimate of drug-likeness (QED) is 0.818. The molecular weight excluding hydrogens is 312 g/mol. The summed E-state index contributed by atoms with van der Waals surface area (Å²) in [6.45, 7) is 4.19. The van der Waals surface area contributed by atoms with Gasteiger partial charge in [-0.1, -0.05) is 11.6 Å². The van der Waals surface area contributed by atoms with Crippen molar-refractivity contribution in [3.63, 3.8) is 0 Å². The normalized spacial score (nSPS) is 21.4. The van der Waals surface area contributed by atoms with E-state index in [-0.39, 0.29) is 18.0 Å². The second kappa shape index (κ2) is 6.28. The zero-order valence-corrected chi connectivity index (χ0v) is 14.1. The molecule has 2 heterocycles. The van der Waals surface area contributed by atoms with Crippen molar-refractivity contribution in [2.75, 3.05) is 5.73 Å². The van der Waals surface area contributed by atoms with Crippen LogP contribution in [-0.2, 0) is 0 Å². The van der Waals surface area contributed by atoms with Crippen LogP contribution in [-0.4, -0.2) is 22.9 Å². The average Bonchev–Trinajstić information content (AvgIpc) is 2.99. The summed E-state index contributed by atoms with van der Waals surface area (Å²) in [5.74, 6) is 0.945. The minimum atomic E-state index is -0.0436. The standard InChI is InChI=1S/C18H21ClN2O2/c1-11-4-3-5-12(2)21(11)18(22)17-9-8-16(23-17)13-6-7-14(19)15(20)10-13/h6-12H,3-5,20H2,1-2H3/t11-,12-/m0/s1. The molecule has 1 aromatic carbocycles. The van der Waals surface area contributed by atoms with Gasteiger partial charge in [-0.25, -0.2) is 0 Å².